The van der Waals surface area contributed by atoms with Crippen LogP contribution in [0.5, 0.6) is 0 Å². The van der Waals surface area contributed by atoms with Crippen LogP contribution >= 0.6 is 0 Å². The van der Waals surface area contributed by atoms with Crippen LogP contribution in [0.3, 0.4) is 0 Å². The monoisotopic (exact) mass is 532 g/mol. The van der Waals surface area contributed by atoms with Crippen molar-refractivity contribution in [3.8, 4) is 0 Å². The number of nitrogens with one attached hydrogen (secondary N) is 1. The van der Waals surface area contributed by atoms with Crippen molar-refractivity contribution >= 4 is 17.6 Å². The predicted molar refractivity (Wildman–Crippen MR) is 138 cm³/mol. The molecule has 1 aliphatic rings. The molecular weight excluding hydrogens is 497 g/mol. The molecule has 1 saturated heterocycles. The third kappa shape index (κ3) is 8.66. The van der Waals surface area contributed by atoms with Gasteiger partial charge in [-0.15, -0.1) is 0 Å². The first-order valence-corrected chi connectivity index (χ1v) is 12.8. The number of piperidine rings is 1. The smallest absolute Gasteiger partial charge is 0.345 e. The summed E-state index contributed by atoms with van der Waals surface area (Å²) in [4.78, 5) is 40.4. The molecule has 1 aliphatic heterocycles. The van der Waals surface area contributed by atoms with Gasteiger partial charge in [0.15, 0.2) is 5.78 Å². The number of nitrogens with two attached hydrogens (primary N) is 2. The number of benzene rings is 2. The van der Waals surface area contributed by atoms with Crippen molar-refractivity contribution in [2.75, 3.05) is 19.6 Å². The Bertz CT molecular complexity index is 1090. The van der Waals surface area contributed by atoms with E-state index in [4.69, 9.17) is 11.5 Å². The molecule has 7 nitrogen and oxygen atoms in total. The van der Waals surface area contributed by atoms with E-state index in [1.807, 2.05) is 30.3 Å². The van der Waals surface area contributed by atoms with E-state index in [-0.39, 0.29) is 30.7 Å². The molecule has 0 radical (unpaired) electrons. The van der Waals surface area contributed by atoms with E-state index in [0.717, 1.165) is 30.5 Å². The van der Waals surface area contributed by atoms with Crippen LogP contribution < -0.4 is 16.8 Å². The molecule has 1 fully saturated rings. The van der Waals surface area contributed by atoms with Gasteiger partial charge in [0.25, 0.3) is 0 Å². The van der Waals surface area contributed by atoms with Gasteiger partial charge >= 0.3 is 6.18 Å². The van der Waals surface area contributed by atoms with Crippen molar-refractivity contribution in [1.82, 2.24) is 10.2 Å². The number of hydrogen-bond acceptors (Lipinski definition) is 5. The maximum atomic E-state index is 13.2. The van der Waals surface area contributed by atoms with Crippen molar-refractivity contribution in [1.29, 1.82) is 0 Å². The number of rotatable bonds is 11. The van der Waals surface area contributed by atoms with E-state index in [1.54, 1.807) is 4.90 Å². The number of nitrogens with zero attached hydrogens (tertiary/aromatic N) is 1. The molecule has 2 amide bonds. The number of alkyl halides is 3. The molecule has 0 unspecified atom stereocenters. The van der Waals surface area contributed by atoms with Gasteiger partial charge in [-0.05, 0) is 55.3 Å². The topological polar surface area (TPSA) is 119 Å². The minimum Gasteiger partial charge on any atom is -0.345 e. The summed E-state index contributed by atoms with van der Waals surface area (Å²) in [7, 11) is 0. The normalized spacial score (nSPS) is 16.1. The Morgan fingerprint density at radius 3 is 2.29 bits per heavy atom. The molecule has 1 heterocycles. The number of likely N-dealkylation sites (tertiary alicyclic amines) is 1. The van der Waals surface area contributed by atoms with Gasteiger partial charge in [-0.1, -0.05) is 48.5 Å². The summed E-state index contributed by atoms with van der Waals surface area (Å²) in [5.74, 6) is -0.940. The van der Waals surface area contributed by atoms with Crippen LogP contribution in [0, 0.1) is 5.92 Å². The van der Waals surface area contributed by atoms with Crippen molar-refractivity contribution in [3.63, 3.8) is 0 Å². The molecule has 0 spiro atoms. The summed E-state index contributed by atoms with van der Waals surface area (Å²) in [6, 6.07) is 11.8. The molecule has 0 saturated carbocycles. The number of amides is 2. The fourth-order valence-corrected chi connectivity index (χ4v) is 4.56. The standard InChI is InChI=1S/C28H35F3N4O3/c29-28(30,31)22-8-4-7-21(15-22)16-25(36)24(10-9-19-5-2-1-3-6-19)34-27(38)23(33)17-26(37)35-13-11-20(18-32)12-14-35/h1-8,15,20,23-24H,9-14,16-18,32-33H2,(H,34,38)/t23-,24-/m0/s1. The summed E-state index contributed by atoms with van der Waals surface area (Å²) in [5, 5.41) is 2.65. The summed E-state index contributed by atoms with van der Waals surface area (Å²) < 4.78 is 39.4. The molecule has 206 valence electrons. The highest BCUT2D eigenvalue weighted by Gasteiger charge is 2.31. The lowest BCUT2D eigenvalue weighted by molar-refractivity contribution is -0.138. The minimum absolute atomic E-state index is 0.198. The second kappa shape index (κ2) is 13.5. The Kier molecular flexibility index (Phi) is 10.4. The van der Waals surface area contributed by atoms with Crippen LogP contribution in [0.15, 0.2) is 54.6 Å². The van der Waals surface area contributed by atoms with Gasteiger partial charge in [-0.3, -0.25) is 14.4 Å². The Labute approximate surface area is 220 Å². The fourth-order valence-electron chi connectivity index (χ4n) is 4.56. The van der Waals surface area contributed by atoms with Crippen LogP contribution in [-0.4, -0.2) is 54.2 Å². The number of carbonyl (C=O) groups excluding carboxylic acids is 3. The van der Waals surface area contributed by atoms with Gasteiger partial charge in [0, 0.05) is 19.5 Å². The zero-order chi connectivity index (χ0) is 27.7. The fraction of sp³-hybridized carbons (Fsp3) is 0.464. The number of hydrogen-bond donors (Lipinski definition) is 3. The Morgan fingerprint density at radius 2 is 1.66 bits per heavy atom. The van der Waals surface area contributed by atoms with Gasteiger partial charge < -0.3 is 21.7 Å². The quantitative estimate of drug-likeness (QED) is 0.411. The lowest BCUT2D eigenvalue weighted by Gasteiger charge is -2.32. The largest absolute Gasteiger partial charge is 0.416 e. The SMILES string of the molecule is NCC1CCN(C(=O)C[C@H](N)C(=O)N[C@@H](CCc2ccccc2)C(=O)Cc2cccc(C(F)(F)F)c2)CC1. The highest BCUT2D eigenvalue weighted by atomic mass is 19.4. The average Bonchev–Trinajstić information content (AvgIpc) is 2.91. The summed E-state index contributed by atoms with van der Waals surface area (Å²) in [6.45, 7) is 1.69. The van der Waals surface area contributed by atoms with Crippen LogP contribution in [0.4, 0.5) is 13.2 Å². The second-order valence-corrected chi connectivity index (χ2v) is 9.80. The van der Waals surface area contributed by atoms with E-state index >= 15 is 0 Å². The molecule has 0 bridgehead atoms. The number of halogens is 3. The lowest BCUT2D eigenvalue weighted by atomic mass is 9.96. The first-order valence-electron chi connectivity index (χ1n) is 12.8. The maximum Gasteiger partial charge on any atom is 0.416 e. The highest BCUT2D eigenvalue weighted by molar-refractivity contribution is 5.93. The lowest BCUT2D eigenvalue weighted by Crippen LogP contribution is -2.51. The zero-order valence-electron chi connectivity index (χ0n) is 21.3. The molecule has 3 rings (SSSR count). The predicted octanol–water partition coefficient (Wildman–Crippen LogP) is 2.85. The van der Waals surface area contributed by atoms with E-state index < -0.39 is 35.5 Å². The van der Waals surface area contributed by atoms with E-state index in [0.29, 0.717) is 32.0 Å². The van der Waals surface area contributed by atoms with E-state index in [9.17, 15) is 27.6 Å². The second-order valence-electron chi connectivity index (χ2n) is 9.80. The van der Waals surface area contributed by atoms with Gasteiger partial charge in [-0.25, -0.2) is 0 Å². The number of ketones is 1. The summed E-state index contributed by atoms with van der Waals surface area (Å²) in [6.07, 6.45) is -2.71. The molecule has 2 atom stereocenters. The van der Waals surface area contributed by atoms with Crippen molar-refractivity contribution < 1.29 is 27.6 Å². The van der Waals surface area contributed by atoms with Gasteiger partial charge in [0.05, 0.1) is 24.1 Å². The Hall–Kier alpha value is -3.24. The van der Waals surface area contributed by atoms with E-state index in [2.05, 4.69) is 5.32 Å². The van der Waals surface area contributed by atoms with Gasteiger partial charge in [-0.2, -0.15) is 13.2 Å². The molecule has 38 heavy (non-hydrogen) atoms. The van der Waals surface area contributed by atoms with Gasteiger partial charge in [0.1, 0.15) is 0 Å². The molecule has 0 aromatic heterocycles. The molecule has 0 aliphatic carbocycles. The third-order valence-corrected chi connectivity index (χ3v) is 6.93. The first-order chi connectivity index (χ1) is 18.1. The molecule has 10 heteroatoms. The van der Waals surface area contributed by atoms with Crippen LogP contribution in [0.1, 0.15) is 42.4 Å². The summed E-state index contributed by atoms with van der Waals surface area (Å²) >= 11 is 0. The third-order valence-electron chi connectivity index (χ3n) is 6.93. The Morgan fingerprint density at radius 1 is 1.00 bits per heavy atom. The maximum absolute atomic E-state index is 13.2. The first kappa shape index (κ1) is 29.3. The van der Waals surface area contributed by atoms with Crippen molar-refractivity contribution in [3.05, 3.63) is 71.3 Å². The molecule has 5 N–H and O–H groups in total. The minimum atomic E-state index is -4.53. The number of aryl methyl sites for hydroxylation is 1. The van der Waals surface area contributed by atoms with E-state index in [1.165, 1.54) is 12.1 Å². The zero-order valence-corrected chi connectivity index (χ0v) is 21.3. The van der Waals surface area contributed by atoms with Crippen LogP contribution in [-0.2, 0) is 33.4 Å². The number of carbonyl (C=O) groups is 3. The molecule has 2 aromatic rings. The van der Waals surface area contributed by atoms with Crippen LogP contribution in [0.2, 0.25) is 0 Å². The highest BCUT2D eigenvalue weighted by Crippen LogP contribution is 2.29. The average molecular weight is 533 g/mol. The van der Waals surface area contributed by atoms with Crippen LogP contribution in [0.25, 0.3) is 0 Å². The Balaban J connectivity index is 1.65. The van der Waals surface area contributed by atoms with Crippen molar-refractivity contribution in [2.45, 2.75) is 56.8 Å². The van der Waals surface area contributed by atoms with Crippen molar-refractivity contribution in [2.24, 2.45) is 17.4 Å². The summed E-state index contributed by atoms with van der Waals surface area (Å²) in [5.41, 5.74) is 12.0. The number of Topliss-reactive ketones (excluding diaryl/α,β-unsaturated/α-hetero) is 1. The van der Waals surface area contributed by atoms with Gasteiger partial charge in [0.2, 0.25) is 11.8 Å². The molecule has 2 aromatic carbocycles. The molecular formula is C28H35F3N4O3.